The molecule has 184 valence electrons. The Labute approximate surface area is 200 Å². The van der Waals surface area contributed by atoms with Gasteiger partial charge in [-0.2, -0.15) is 0 Å². The van der Waals surface area contributed by atoms with Crippen LogP contribution in [0.15, 0.2) is 11.1 Å². The fourth-order valence-corrected chi connectivity index (χ4v) is 10.4. The van der Waals surface area contributed by atoms with Crippen LogP contribution in [-0.4, -0.2) is 24.1 Å². The van der Waals surface area contributed by atoms with E-state index in [9.17, 15) is 9.59 Å². The van der Waals surface area contributed by atoms with E-state index in [1.165, 1.54) is 45.4 Å². The van der Waals surface area contributed by atoms with Gasteiger partial charge in [-0.25, -0.2) is 4.79 Å². The monoisotopic (exact) mass is 456 g/mol. The Bertz CT molecular complexity index is 905. The van der Waals surface area contributed by atoms with Gasteiger partial charge in [0.05, 0.1) is 0 Å². The lowest BCUT2D eigenvalue weighted by Gasteiger charge is -2.70. The molecule has 0 bridgehead atoms. The van der Waals surface area contributed by atoms with E-state index in [1.54, 1.807) is 0 Å². The number of esters is 2. The molecule has 0 saturated heterocycles. The molecule has 0 aromatic heterocycles. The van der Waals surface area contributed by atoms with Gasteiger partial charge in [0, 0.05) is 17.9 Å². The van der Waals surface area contributed by atoms with Gasteiger partial charge in [0.1, 0.15) is 12.2 Å². The minimum absolute atomic E-state index is 0.146. The van der Waals surface area contributed by atoms with Gasteiger partial charge in [-0.15, -0.1) is 0 Å². The second-order valence-electron chi connectivity index (χ2n) is 13.2. The summed E-state index contributed by atoms with van der Waals surface area (Å²) in [7, 11) is 0. The highest BCUT2D eigenvalue weighted by Gasteiger charge is 2.70. The third kappa shape index (κ3) is 2.94. The lowest BCUT2D eigenvalue weighted by molar-refractivity contribution is -0.227. The van der Waals surface area contributed by atoms with Crippen molar-refractivity contribution in [3.63, 3.8) is 0 Å². The molecule has 0 radical (unpaired) electrons. The molecular formula is C29H44O4. The van der Waals surface area contributed by atoms with Crippen molar-refractivity contribution in [2.24, 2.45) is 39.4 Å². The van der Waals surface area contributed by atoms with Crippen molar-refractivity contribution in [2.45, 2.75) is 118 Å². The molecule has 9 atom stereocenters. The summed E-state index contributed by atoms with van der Waals surface area (Å²) in [6.45, 7) is 15.8. The second kappa shape index (κ2) is 7.34. The third-order valence-electron chi connectivity index (χ3n) is 12.0. The number of ether oxygens (including phenoxy) is 2. The van der Waals surface area contributed by atoms with Gasteiger partial charge < -0.3 is 9.47 Å². The number of cyclic esters (lactones) is 1. The first kappa shape index (κ1) is 23.4. The average molecular weight is 457 g/mol. The first-order chi connectivity index (χ1) is 15.4. The Morgan fingerprint density at radius 2 is 1.73 bits per heavy atom. The van der Waals surface area contributed by atoms with Crippen LogP contribution in [0.1, 0.15) is 106 Å². The molecule has 1 aliphatic heterocycles. The van der Waals surface area contributed by atoms with E-state index in [-0.39, 0.29) is 35.0 Å². The Kier molecular flexibility index (Phi) is 5.21. The van der Waals surface area contributed by atoms with E-state index in [4.69, 9.17) is 9.47 Å². The highest BCUT2D eigenvalue weighted by atomic mass is 16.6. The molecule has 33 heavy (non-hydrogen) atoms. The fourth-order valence-electron chi connectivity index (χ4n) is 10.4. The van der Waals surface area contributed by atoms with Crippen LogP contribution in [-0.2, 0) is 19.1 Å². The molecule has 0 aromatic carbocycles. The minimum Gasteiger partial charge on any atom is -0.462 e. The van der Waals surface area contributed by atoms with Crippen LogP contribution < -0.4 is 0 Å². The molecule has 0 aromatic rings. The molecule has 4 heteroatoms. The molecule has 0 amide bonds. The molecule has 3 fully saturated rings. The van der Waals surface area contributed by atoms with E-state index in [1.807, 2.05) is 6.92 Å². The summed E-state index contributed by atoms with van der Waals surface area (Å²) in [6.07, 6.45) is 10.1. The van der Waals surface area contributed by atoms with Gasteiger partial charge in [0.15, 0.2) is 0 Å². The van der Waals surface area contributed by atoms with Crippen molar-refractivity contribution >= 4 is 11.9 Å². The summed E-state index contributed by atoms with van der Waals surface area (Å²) in [4.78, 5) is 25.5. The zero-order chi connectivity index (χ0) is 24.0. The van der Waals surface area contributed by atoms with Gasteiger partial charge >= 0.3 is 11.9 Å². The van der Waals surface area contributed by atoms with Crippen molar-refractivity contribution in [2.75, 3.05) is 0 Å². The first-order valence-corrected chi connectivity index (χ1v) is 13.5. The van der Waals surface area contributed by atoms with E-state index in [0.717, 1.165) is 36.3 Å². The predicted molar refractivity (Wildman–Crippen MR) is 128 cm³/mol. The molecular weight excluding hydrogens is 412 g/mol. The lowest BCUT2D eigenvalue weighted by Crippen LogP contribution is -2.66. The van der Waals surface area contributed by atoms with Crippen molar-refractivity contribution in [3.05, 3.63) is 11.1 Å². The van der Waals surface area contributed by atoms with Crippen molar-refractivity contribution in [3.8, 4) is 0 Å². The van der Waals surface area contributed by atoms with Crippen LogP contribution in [0, 0.1) is 39.4 Å². The van der Waals surface area contributed by atoms with E-state index >= 15 is 0 Å². The Morgan fingerprint density at radius 3 is 2.39 bits per heavy atom. The van der Waals surface area contributed by atoms with E-state index in [0.29, 0.717) is 17.3 Å². The second-order valence-corrected chi connectivity index (χ2v) is 13.2. The van der Waals surface area contributed by atoms with Gasteiger partial charge in [0.2, 0.25) is 0 Å². The molecule has 5 rings (SSSR count). The maximum absolute atomic E-state index is 13.2. The van der Waals surface area contributed by atoms with Crippen molar-refractivity contribution < 1.29 is 19.1 Å². The van der Waals surface area contributed by atoms with E-state index in [2.05, 4.69) is 34.6 Å². The normalized spacial score (nSPS) is 51.1. The summed E-state index contributed by atoms with van der Waals surface area (Å²) >= 11 is 0. The first-order valence-electron chi connectivity index (χ1n) is 13.5. The van der Waals surface area contributed by atoms with Crippen LogP contribution in [0.5, 0.6) is 0 Å². The van der Waals surface area contributed by atoms with Crippen molar-refractivity contribution in [1.82, 2.24) is 0 Å². The van der Waals surface area contributed by atoms with Crippen molar-refractivity contribution in [1.29, 1.82) is 0 Å². The summed E-state index contributed by atoms with van der Waals surface area (Å²) in [5.74, 6) is 1.17. The Hall–Kier alpha value is -1.32. The molecule has 0 unspecified atom stereocenters. The van der Waals surface area contributed by atoms with Crippen LogP contribution in [0.4, 0.5) is 0 Å². The summed E-state index contributed by atoms with van der Waals surface area (Å²) in [5.41, 5.74) is 2.36. The Balaban J connectivity index is 1.64. The largest absolute Gasteiger partial charge is 0.462 e. The number of hydrogen-bond donors (Lipinski definition) is 0. The molecule has 4 nitrogen and oxygen atoms in total. The number of fused-ring (bicyclic) bond motifs is 6. The number of hydrogen-bond acceptors (Lipinski definition) is 4. The SMILES string of the molecule is CC[C@@]1(C)CCC[C@]2(C)[C@H]3C[C@H](OC(C)=O)[C@]4(C)C5=C(CC[C@H]4[C@]3(C)CC[C@@H]12)[C@H](C)OC5=O. The van der Waals surface area contributed by atoms with Gasteiger partial charge in [-0.1, -0.05) is 47.5 Å². The number of carbonyl (C=O) groups is 2. The molecule has 3 saturated carbocycles. The zero-order valence-electron chi connectivity index (χ0n) is 21.9. The maximum Gasteiger partial charge on any atom is 0.335 e. The fraction of sp³-hybridized carbons (Fsp3) is 0.862. The Morgan fingerprint density at radius 1 is 1.03 bits per heavy atom. The van der Waals surface area contributed by atoms with Gasteiger partial charge in [-0.3, -0.25) is 4.79 Å². The summed E-state index contributed by atoms with van der Waals surface area (Å²) in [6, 6.07) is 0. The zero-order valence-corrected chi connectivity index (χ0v) is 21.9. The minimum atomic E-state index is -0.460. The predicted octanol–water partition coefficient (Wildman–Crippen LogP) is 6.62. The summed E-state index contributed by atoms with van der Waals surface area (Å²) < 4.78 is 11.9. The highest BCUT2D eigenvalue weighted by molar-refractivity contribution is 5.94. The summed E-state index contributed by atoms with van der Waals surface area (Å²) in [5, 5.41) is 0. The standard InChI is InChI=1S/C29H44O4/c1-8-26(4)13-9-14-27(5)20(26)12-15-28(6)21-11-10-19-17(2)32-25(31)24(19)29(21,7)23(16-22(27)28)33-18(3)30/h17,20-23H,8-16H2,1-7H3/t17-,20-,21-,22+,23-,26-,27-,28-,29+/m0/s1. The topological polar surface area (TPSA) is 52.6 Å². The van der Waals surface area contributed by atoms with Crippen LogP contribution in [0.2, 0.25) is 0 Å². The molecule has 1 heterocycles. The maximum atomic E-state index is 13.2. The van der Waals surface area contributed by atoms with Gasteiger partial charge in [0.25, 0.3) is 0 Å². The molecule has 0 spiro atoms. The van der Waals surface area contributed by atoms with Gasteiger partial charge in [-0.05, 0) is 91.4 Å². The average Bonchev–Trinajstić information content (AvgIpc) is 3.03. The lowest BCUT2D eigenvalue weighted by atomic mass is 9.35. The molecule has 4 aliphatic carbocycles. The number of carbonyl (C=O) groups excluding carboxylic acids is 2. The van der Waals surface area contributed by atoms with Crippen LogP contribution in [0.3, 0.4) is 0 Å². The van der Waals surface area contributed by atoms with E-state index < -0.39 is 5.41 Å². The third-order valence-corrected chi connectivity index (χ3v) is 12.0. The molecule has 0 N–H and O–H groups in total. The highest BCUT2D eigenvalue weighted by Crippen LogP contribution is 2.74. The number of rotatable bonds is 2. The van der Waals surface area contributed by atoms with Crippen LogP contribution in [0.25, 0.3) is 0 Å². The smallest absolute Gasteiger partial charge is 0.335 e. The van der Waals surface area contributed by atoms with Crippen LogP contribution >= 0.6 is 0 Å². The quantitative estimate of drug-likeness (QED) is 0.438. The molecule has 5 aliphatic rings.